The summed E-state index contributed by atoms with van der Waals surface area (Å²) in [4.78, 5) is 4.46. The van der Waals surface area contributed by atoms with Gasteiger partial charge < -0.3 is 5.32 Å². The molecule has 1 N–H and O–H groups in total. The van der Waals surface area contributed by atoms with Gasteiger partial charge in [-0.05, 0) is 42.7 Å². The molecular weight excluding hydrogens is 239 g/mol. The molecule has 0 aliphatic carbocycles. The zero-order valence-electron chi connectivity index (χ0n) is 11.0. The molecule has 0 unspecified atom stereocenters. The molecule has 96 valence electrons. The predicted octanol–water partition coefficient (Wildman–Crippen LogP) is 3.81. The number of fused-ring (bicyclic) bond motifs is 1. The largest absolute Gasteiger partial charge is 0.340 e. The maximum absolute atomic E-state index is 13.3. The number of hydrogen-bond donors (Lipinski definition) is 1. The molecule has 1 heterocycles. The van der Waals surface area contributed by atoms with Crippen LogP contribution >= 0.6 is 0 Å². The van der Waals surface area contributed by atoms with E-state index in [-0.39, 0.29) is 5.82 Å². The quantitative estimate of drug-likeness (QED) is 0.822. The number of aliphatic imine (C=N–C) groups is 1. The van der Waals surface area contributed by atoms with Gasteiger partial charge in [0.25, 0.3) is 0 Å². The molecule has 1 aliphatic rings. The number of hydrogen-bond acceptors (Lipinski definition) is 2. The third-order valence-electron chi connectivity index (χ3n) is 3.46. The lowest BCUT2D eigenvalue weighted by Crippen LogP contribution is -2.13. The first-order valence-electron chi connectivity index (χ1n) is 6.31. The van der Waals surface area contributed by atoms with Crippen molar-refractivity contribution in [2.75, 3.05) is 5.32 Å². The molecule has 2 aromatic rings. The fraction of sp³-hybridized carbons (Fsp3) is 0.188. The summed E-state index contributed by atoms with van der Waals surface area (Å²) >= 11 is 0. The number of nitrogens with one attached hydrogen (secondary N) is 1. The first-order chi connectivity index (χ1) is 9.15. The normalized spacial score (nSPS) is 13.1. The molecule has 2 nitrogen and oxygen atoms in total. The first-order valence-corrected chi connectivity index (χ1v) is 6.31. The van der Waals surface area contributed by atoms with Crippen LogP contribution in [0.25, 0.3) is 0 Å². The number of para-hydroxylation sites is 1. The molecule has 0 fully saturated rings. The van der Waals surface area contributed by atoms with Crippen molar-refractivity contribution in [3.05, 3.63) is 64.5 Å². The van der Waals surface area contributed by atoms with E-state index in [1.54, 1.807) is 12.1 Å². The number of halogens is 1. The Morgan fingerprint density at radius 1 is 1.11 bits per heavy atom. The van der Waals surface area contributed by atoms with Crippen molar-refractivity contribution < 1.29 is 4.39 Å². The molecule has 0 bridgehead atoms. The van der Waals surface area contributed by atoms with Crippen LogP contribution in [0.2, 0.25) is 0 Å². The highest BCUT2D eigenvalue weighted by atomic mass is 19.1. The zero-order valence-corrected chi connectivity index (χ0v) is 11.0. The van der Waals surface area contributed by atoms with Crippen molar-refractivity contribution >= 4 is 11.5 Å². The molecule has 0 amide bonds. The fourth-order valence-corrected chi connectivity index (χ4v) is 2.39. The van der Waals surface area contributed by atoms with Gasteiger partial charge in [0.05, 0.1) is 6.54 Å². The summed E-state index contributed by atoms with van der Waals surface area (Å²) in [6.45, 7) is 4.72. The molecule has 1 aliphatic heterocycles. The average Bonchev–Trinajstić information content (AvgIpc) is 2.76. The first kappa shape index (κ1) is 11.9. The number of rotatable bonds is 1. The van der Waals surface area contributed by atoms with Gasteiger partial charge in [0.1, 0.15) is 11.7 Å². The molecule has 19 heavy (non-hydrogen) atoms. The molecule has 0 atom stereocenters. The van der Waals surface area contributed by atoms with Crippen LogP contribution in [0.5, 0.6) is 0 Å². The summed E-state index contributed by atoms with van der Waals surface area (Å²) in [6.07, 6.45) is 0. The van der Waals surface area contributed by atoms with Gasteiger partial charge in [0.2, 0.25) is 0 Å². The van der Waals surface area contributed by atoms with Crippen molar-refractivity contribution in [2.24, 2.45) is 4.99 Å². The summed E-state index contributed by atoms with van der Waals surface area (Å²) in [6, 6.07) is 11.0. The summed E-state index contributed by atoms with van der Waals surface area (Å²) in [5, 5.41) is 3.34. The zero-order chi connectivity index (χ0) is 13.4. The Bertz CT molecular complexity index is 654. The Morgan fingerprint density at radius 3 is 2.58 bits per heavy atom. The van der Waals surface area contributed by atoms with Crippen molar-refractivity contribution in [1.29, 1.82) is 0 Å². The predicted molar refractivity (Wildman–Crippen MR) is 76.2 cm³/mol. The Morgan fingerprint density at radius 2 is 1.84 bits per heavy atom. The van der Waals surface area contributed by atoms with E-state index in [9.17, 15) is 4.39 Å². The van der Waals surface area contributed by atoms with Gasteiger partial charge in [-0.25, -0.2) is 4.39 Å². The summed E-state index contributed by atoms with van der Waals surface area (Å²) in [5.41, 5.74) is 5.30. The van der Waals surface area contributed by atoms with Crippen LogP contribution in [-0.2, 0) is 6.54 Å². The van der Waals surface area contributed by atoms with Crippen molar-refractivity contribution in [3.8, 4) is 0 Å². The minimum absolute atomic E-state index is 0.225. The Balaban J connectivity index is 1.97. The molecule has 0 radical (unpaired) electrons. The van der Waals surface area contributed by atoms with E-state index in [0.29, 0.717) is 6.54 Å². The monoisotopic (exact) mass is 254 g/mol. The summed E-state index contributed by atoms with van der Waals surface area (Å²) in [7, 11) is 0. The smallest absolute Gasteiger partial charge is 0.133 e. The highest BCUT2D eigenvalue weighted by Gasteiger charge is 2.17. The van der Waals surface area contributed by atoms with E-state index in [0.717, 1.165) is 33.8 Å². The summed E-state index contributed by atoms with van der Waals surface area (Å²) in [5.74, 6) is 0.531. The molecule has 0 spiro atoms. The van der Waals surface area contributed by atoms with E-state index in [2.05, 4.69) is 36.3 Å². The Labute approximate surface area is 112 Å². The second-order valence-corrected chi connectivity index (χ2v) is 4.86. The lowest BCUT2D eigenvalue weighted by Gasteiger charge is -2.13. The van der Waals surface area contributed by atoms with E-state index in [1.807, 2.05) is 6.07 Å². The van der Waals surface area contributed by atoms with Crippen LogP contribution in [0.3, 0.4) is 0 Å². The van der Waals surface area contributed by atoms with E-state index in [1.165, 1.54) is 6.07 Å². The lowest BCUT2D eigenvalue weighted by molar-refractivity contribution is 0.627. The number of anilines is 1. The van der Waals surface area contributed by atoms with Crippen LogP contribution < -0.4 is 5.32 Å². The van der Waals surface area contributed by atoms with Gasteiger partial charge in [0, 0.05) is 11.3 Å². The van der Waals surface area contributed by atoms with Crippen LogP contribution in [0, 0.1) is 19.7 Å². The number of amidine groups is 1. The van der Waals surface area contributed by atoms with Crippen molar-refractivity contribution in [3.63, 3.8) is 0 Å². The topological polar surface area (TPSA) is 24.4 Å². The van der Waals surface area contributed by atoms with E-state index in [4.69, 9.17) is 0 Å². The van der Waals surface area contributed by atoms with E-state index >= 15 is 0 Å². The third kappa shape index (κ3) is 2.12. The van der Waals surface area contributed by atoms with Crippen LogP contribution in [0.1, 0.15) is 22.3 Å². The Kier molecular flexibility index (Phi) is 2.82. The third-order valence-corrected chi connectivity index (χ3v) is 3.46. The molecule has 0 aromatic heterocycles. The van der Waals surface area contributed by atoms with Gasteiger partial charge in [-0.1, -0.05) is 24.3 Å². The summed E-state index contributed by atoms with van der Waals surface area (Å²) < 4.78 is 13.3. The lowest BCUT2D eigenvalue weighted by atomic mass is 10.1. The number of nitrogens with zero attached hydrogens (tertiary/aromatic N) is 1. The fourth-order valence-electron chi connectivity index (χ4n) is 2.39. The van der Waals surface area contributed by atoms with Crippen molar-refractivity contribution in [2.45, 2.75) is 20.4 Å². The Hall–Kier alpha value is -2.16. The average molecular weight is 254 g/mol. The molecule has 3 heteroatoms. The SMILES string of the molecule is Cc1cccc(C)c1NC1=NCc2ccc(F)cc21. The minimum atomic E-state index is -0.225. The van der Waals surface area contributed by atoms with Gasteiger partial charge in [0.15, 0.2) is 0 Å². The molecule has 0 saturated heterocycles. The van der Waals surface area contributed by atoms with Crippen LogP contribution in [0.15, 0.2) is 41.4 Å². The van der Waals surface area contributed by atoms with Gasteiger partial charge in [-0.3, -0.25) is 4.99 Å². The number of benzene rings is 2. The maximum atomic E-state index is 13.3. The standard InChI is InChI=1S/C16H15FN2/c1-10-4-3-5-11(2)15(10)19-16-14-8-13(17)7-6-12(14)9-18-16/h3-8H,9H2,1-2H3,(H,18,19). The highest BCUT2D eigenvalue weighted by molar-refractivity contribution is 6.11. The second-order valence-electron chi connectivity index (χ2n) is 4.86. The van der Waals surface area contributed by atoms with Gasteiger partial charge >= 0.3 is 0 Å². The van der Waals surface area contributed by atoms with Crippen LogP contribution in [-0.4, -0.2) is 5.84 Å². The van der Waals surface area contributed by atoms with Crippen LogP contribution in [0.4, 0.5) is 10.1 Å². The van der Waals surface area contributed by atoms with E-state index < -0.39 is 0 Å². The number of aryl methyl sites for hydroxylation is 2. The molecular formula is C16H15FN2. The molecule has 0 saturated carbocycles. The molecule has 3 rings (SSSR count). The molecule has 2 aromatic carbocycles. The van der Waals surface area contributed by atoms with Crippen molar-refractivity contribution in [1.82, 2.24) is 0 Å². The minimum Gasteiger partial charge on any atom is -0.340 e. The van der Waals surface area contributed by atoms with Gasteiger partial charge in [-0.15, -0.1) is 0 Å². The highest BCUT2D eigenvalue weighted by Crippen LogP contribution is 2.25. The second kappa shape index (κ2) is 4.50. The van der Waals surface area contributed by atoms with Gasteiger partial charge in [-0.2, -0.15) is 0 Å². The maximum Gasteiger partial charge on any atom is 0.133 e.